The van der Waals surface area contributed by atoms with E-state index in [1.807, 2.05) is 69.3 Å². The summed E-state index contributed by atoms with van der Waals surface area (Å²) in [5, 5.41) is 2.93. The lowest BCUT2D eigenvalue weighted by atomic mass is 10.2. The van der Waals surface area contributed by atoms with E-state index in [9.17, 15) is 4.79 Å². The zero-order valence-corrected chi connectivity index (χ0v) is 14.5. The maximum absolute atomic E-state index is 12.3. The van der Waals surface area contributed by atoms with Crippen molar-refractivity contribution in [3.8, 4) is 11.5 Å². The molecule has 0 aliphatic rings. The predicted molar refractivity (Wildman–Crippen MR) is 95.3 cm³/mol. The number of carbonyl (C=O) groups is 1. The highest BCUT2D eigenvalue weighted by atomic mass is 16.5. The number of hydrogen-bond donors (Lipinski definition) is 1. The Morgan fingerprint density at radius 3 is 2.46 bits per heavy atom. The van der Waals surface area contributed by atoms with Crippen LogP contribution >= 0.6 is 0 Å². The third-order valence-corrected chi connectivity index (χ3v) is 3.63. The molecule has 0 bridgehead atoms. The summed E-state index contributed by atoms with van der Waals surface area (Å²) in [6, 6.07) is 15.4. The second kappa shape index (κ2) is 8.96. The minimum atomic E-state index is -0.491. The summed E-state index contributed by atoms with van der Waals surface area (Å²) < 4.78 is 11.2. The fourth-order valence-electron chi connectivity index (χ4n) is 2.35. The standard InChI is InChI=1S/C20H25NO3/c1-4-19(24-18-8-6-7-15(3)13-18)20(22)21-14-16-9-11-17(12-10-16)23-5-2/h6-13,19H,4-5,14H2,1-3H3,(H,21,22)/t19-/m1/s1. The van der Waals surface area contributed by atoms with Gasteiger partial charge in [-0.3, -0.25) is 4.79 Å². The number of aryl methyl sites for hydroxylation is 1. The van der Waals surface area contributed by atoms with Gasteiger partial charge in [0.1, 0.15) is 11.5 Å². The van der Waals surface area contributed by atoms with Crippen molar-refractivity contribution in [3.05, 3.63) is 59.7 Å². The summed E-state index contributed by atoms with van der Waals surface area (Å²) in [7, 11) is 0. The highest BCUT2D eigenvalue weighted by Crippen LogP contribution is 2.16. The lowest BCUT2D eigenvalue weighted by Gasteiger charge is -2.17. The van der Waals surface area contributed by atoms with Crippen LogP contribution in [0.1, 0.15) is 31.4 Å². The van der Waals surface area contributed by atoms with Crippen LogP contribution in [0.3, 0.4) is 0 Å². The van der Waals surface area contributed by atoms with Crippen molar-refractivity contribution in [2.75, 3.05) is 6.61 Å². The number of amides is 1. The van der Waals surface area contributed by atoms with Gasteiger partial charge in [0, 0.05) is 6.54 Å². The van der Waals surface area contributed by atoms with Crippen molar-refractivity contribution in [2.24, 2.45) is 0 Å². The molecule has 4 nitrogen and oxygen atoms in total. The van der Waals surface area contributed by atoms with Crippen molar-refractivity contribution >= 4 is 5.91 Å². The van der Waals surface area contributed by atoms with E-state index in [1.165, 1.54) is 0 Å². The minimum Gasteiger partial charge on any atom is -0.494 e. The molecule has 0 aliphatic carbocycles. The second-order valence-corrected chi connectivity index (χ2v) is 5.63. The Morgan fingerprint density at radius 2 is 1.83 bits per heavy atom. The fraction of sp³-hybridized carbons (Fsp3) is 0.350. The summed E-state index contributed by atoms with van der Waals surface area (Å²) >= 11 is 0. The predicted octanol–water partition coefficient (Wildman–Crippen LogP) is 3.87. The third-order valence-electron chi connectivity index (χ3n) is 3.63. The van der Waals surface area contributed by atoms with E-state index < -0.39 is 6.10 Å². The van der Waals surface area contributed by atoms with Gasteiger partial charge >= 0.3 is 0 Å². The molecule has 1 N–H and O–H groups in total. The maximum atomic E-state index is 12.3. The average molecular weight is 327 g/mol. The number of rotatable bonds is 8. The molecule has 0 heterocycles. The molecule has 2 aromatic rings. The molecular formula is C20H25NO3. The monoisotopic (exact) mass is 327 g/mol. The third kappa shape index (κ3) is 5.30. The van der Waals surface area contributed by atoms with Gasteiger partial charge in [0.05, 0.1) is 6.61 Å². The lowest BCUT2D eigenvalue weighted by Crippen LogP contribution is -2.37. The van der Waals surface area contributed by atoms with Crippen LogP contribution in [0.4, 0.5) is 0 Å². The van der Waals surface area contributed by atoms with E-state index in [1.54, 1.807) is 0 Å². The van der Waals surface area contributed by atoms with E-state index in [0.29, 0.717) is 19.6 Å². The number of benzene rings is 2. The van der Waals surface area contributed by atoms with Crippen LogP contribution in [0.2, 0.25) is 0 Å². The van der Waals surface area contributed by atoms with Crippen LogP contribution < -0.4 is 14.8 Å². The smallest absolute Gasteiger partial charge is 0.261 e. The maximum Gasteiger partial charge on any atom is 0.261 e. The van der Waals surface area contributed by atoms with E-state index >= 15 is 0 Å². The van der Waals surface area contributed by atoms with Crippen LogP contribution in [-0.4, -0.2) is 18.6 Å². The Balaban J connectivity index is 1.89. The zero-order chi connectivity index (χ0) is 17.4. The first kappa shape index (κ1) is 17.9. The molecule has 0 aromatic heterocycles. The Kier molecular flexibility index (Phi) is 6.67. The first-order valence-electron chi connectivity index (χ1n) is 8.35. The number of nitrogens with one attached hydrogen (secondary N) is 1. The molecule has 0 radical (unpaired) electrons. The quantitative estimate of drug-likeness (QED) is 0.801. The van der Waals surface area contributed by atoms with E-state index in [0.717, 1.165) is 22.6 Å². The average Bonchev–Trinajstić information content (AvgIpc) is 2.59. The molecule has 24 heavy (non-hydrogen) atoms. The highest BCUT2D eigenvalue weighted by Gasteiger charge is 2.18. The van der Waals surface area contributed by atoms with Gasteiger partial charge in [-0.05, 0) is 55.7 Å². The van der Waals surface area contributed by atoms with Crippen LogP contribution in [0.15, 0.2) is 48.5 Å². The lowest BCUT2D eigenvalue weighted by molar-refractivity contribution is -0.128. The molecule has 0 saturated heterocycles. The summed E-state index contributed by atoms with van der Waals surface area (Å²) in [5.74, 6) is 1.45. The van der Waals surface area contributed by atoms with Crippen LogP contribution in [-0.2, 0) is 11.3 Å². The first-order chi connectivity index (χ1) is 11.6. The topological polar surface area (TPSA) is 47.6 Å². The second-order valence-electron chi connectivity index (χ2n) is 5.63. The van der Waals surface area contributed by atoms with Gasteiger partial charge in [-0.15, -0.1) is 0 Å². The van der Waals surface area contributed by atoms with Crippen molar-refractivity contribution in [1.82, 2.24) is 5.32 Å². The SMILES string of the molecule is CCOc1ccc(CNC(=O)[C@@H](CC)Oc2cccc(C)c2)cc1. The molecule has 128 valence electrons. The molecule has 0 saturated carbocycles. The minimum absolute atomic E-state index is 0.104. The van der Waals surface area contributed by atoms with E-state index in [-0.39, 0.29) is 5.91 Å². The summed E-state index contributed by atoms with van der Waals surface area (Å²) in [6.45, 7) is 7.01. The van der Waals surface area contributed by atoms with E-state index in [2.05, 4.69) is 5.32 Å². The molecular weight excluding hydrogens is 302 g/mol. The highest BCUT2D eigenvalue weighted by molar-refractivity contribution is 5.81. The first-order valence-corrected chi connectivity index (χ1v) is 8.35. The zero-order valence-electron chi connectivity index (χ0n) is 14.5. The van der Waals surface area contributed by atoms with Gasteiger partial charge in [0.2, 0.25) is 0 Å². The Labute approximate surface area is 143 Å². The number of ether oxygens (including phenoxy) is 2. The molecule has 4 heteroatoms. The molecule has 1 atom stereocenters. The van der Waals surface area contributed by atoms with Gasteiger partial charge < -0.3 is 14.8 Å². The van der Waals surface area contributed by atoms with Gasteiger partial charge in [-0.2, -0.15) is 0 Å². The molecule has 2 rings (SSSR count). The summed E-state index contributed by atoms with van der Waals surface area (Å²) in [4.78, 5) is 12.3. The molecule has 0 fully saturated rings. The van der Waals surface area contributed by atoms with Gasteiger partial charge in [-0.25, -0.2) is 0 Å². The largest absolute Gasteiger partial charge is 0.494 e. The van der Waals surface area contributed by atoms with Crippen molar-refractivity contribution in [3.63, 3.8) is 0 Å². The number of hydrogen-bond acceptors (Lipinski definition) is 3. The Bertz CT molecular complexity index is 652. The molecule has 1 amide bonds. The molecule has 0 unspecified atom stereocenters. The molecule has 0 aliphatic heterocycles. The molecule has 0 spiro atoms. The van der Waals surface area contributed by atoms with Gasteiger partial charge in [0.15, 0.2) is 6.10 Å². The van der Waals surface area contributed by atoms with Gasteiger partial charge in [-0.1, -0.05) is 31.2 Å². The van der Waals surface area contributed by atoms with Crippen molar-refractivity contribution in [2.45, 2.75) is 39.8 Å². The van der Waals surface area contributed by atoms with Crippen LogP contribution in [0.25, 0.3) is 0 Å². The van der Waals surface area contributed by atoms with Crippen LogP contribution in [0.5, 0.6) is 11.5 Å². The number of carbonyl (C=O) groups excluding carboxylic acids is 1. The summed E-state index contributed by atoms with van der Waals surface area (Å²) in [5.41, 5.74) is 2.13. The Morgan fingerprint density at radius 1 is 1.08 bits per heavy atom. The van der Waals surface area contributed by atoms with Crippen molar-refractivity contribution in [1.29, 1.82) is 0 Å². The van der Waals surface area contributed by atoms with Crippen molar-refractivity contribution < 1.29 is 14.3 Å². The fourth-order valence-corrected chi connectivity index (χ4v) is 2.35. The normalized spacial score (nSPS) is 11.6. The summed E-state index contributed by atoms with van der Waals surface area (Å²) in [6.07, 6.45) is 0.123. The molecule has 2 aromatic carbocycles. The van der Waals surface area contributed by atoms with Gasteiger partial charge in [0.25, 0.3) is 5.91 Å². The Hall–Kier alpha value is -2.49. The van der Waals surface area contributed by atoms with E-state index in [4.69, 9.17) is 9.47 Å². The van der Waals surface area contributed by atoms with Crippen LogP contribution in [0, 0.1) is 6.92 Å².